The fraction of sp³-hybridized carbons (Fsp3) is 0.444. The van der Waals surface area contributed by atoms with Gasteiger partial charge in [0.25, 0.3) is 0 Å². The average Bonchev–Trinajstić information content (AvgIpc) is 2.48. The first-order chi connectivity index (χ1) is 10.6. The lowest BCUT2D eigenvalue weighted by molar-refractivity contribution is -0.137. The zero-order valence-corrected chi connectivity index (χ0v) is 13.6. The SMILES string of the molecule is CC/C=C/c1ccc(OC(=O)CCC)c(OC(=O)CCC)c1. The Morgan fingerprint density at radius 3 is 2.09 bits per heavy atom. The summed E-state index contributed by atoms with van der Waals surface area (Å²) in [6, 6.07) is 5.21. The van der Waals surface area contributed by atoms with Gasteiger partial charge in [0.05, 0.1) is 0 Å². The van der Waals surface area contributed by atoms with Gasteiger partial charge in [-0.1, -0.05) is 39.0 Å². The third-order valence-corrected chi connectivity index (χ3v) is 2.87. The van der Waals surface area contributed by atoms with Crippen LogP contribution in [0, 0.1) is 0 Å². The molecule has 0 amide bonds. The Morgan fingerprint density at radius 2 is 1.55 bits per heavy atom. The molecule has 0 saturated heterocycles. The van der Waals surface area contributed by atoms with E-state index in [1.54, 1.807) is 12.1 Å². The van der Waals surface area contributed by atoms with E-state index >= 15 is 0 Å². The predicted octanol–water partition coefficient (Wildman–Crippen LogP) is 4.52. The molecule has 4 heteroatoms. The molecule has 0 radical (unpaired) electrons. The van der Waals surface area contributed by atoms with Gasteiger partial charge in [-0.2, -0.15) is 0 Å². The molecule has 0 aromatic heterocycles. The molecular weight excluding hydrogens is 280 g/mol. The number of ether oxygens (including phenoxy) is 2. The van der Waals surface area contributed by atoms with Gasteiger partial charge in [-0.15, -0.1) is 0 Å². The maximum atomic E-state index is 11.7. The summed E-state index contributed by atoms with van der Waals surface area (Å²) in [7, 11) is 0. The number of carbonyl (C=O) groups excluding carboxylic acids is 2. The smallest absolute Gasteiger partial charge is 0.311 e. The quantitative estimate of drug-likeness (QED) is 0.523. The molecule has 1 aromatic carbocycles. The summed E-state index contributed by atoms with van der Waals surface area (Å²) in [6.45, 7) is 5.85. The molecule has 120 valence electrons. The monoisotopic (exact) mass is 304 g/mol. The number of benzene rings is 1. The van der Waals surface area contributed by atoms with Crippen LogP contribution in [0.1, 0.15) is 58.4 Å². The molecule has 0 heterocycles. The van der Waals surface area contributed by atoms with Gasteiger partial charge in [0.15, 0.2) is 11.5 Å². The molecule has 0 aliphatic carbocycles. The number of rotatable bonds is 8. The van der Waals surface area contributed by atoms with Crippen LogP contribution in [-0.4, -0.2) is 11.9 Å². The van der Waals surface area contributed by atoms with Gasteiger partial charge in [-0.05, 0) is 37.0 Å². The van der Waals surface area contributed by atoms with Crippen molar-refractivity contribution < 1.29 is 19.1 Å². The van der Waals surface area contributed by atoms with Gasteiger partial charge in [0.1, 0.15) is 0 Å². The van der Waals surface area contributed by atoms with E-state index in [-0.39, 0.29) is 17.7 Å². The van der Waals surface area contributed by atoms with Crippen molar-refractivity contribution in [1.82, 2.24) is 0 Å². The number of carbonyl (C=O) groups is 2. The molecular formula is C18H24O4. The normalized spacial score (nSPS) is 10.7. The van der Waals surface area contributed by atoms with E-state index in [9.17, 15) is 9.59 Å². The minimum Gasteiger partial charge on any atom is -0.423 e. The van der Waals surface area contributed by atoms with Crippen molar-refractivity contribution in [2.24, 2.45) is 0 Å². The fourth-order valence-corrected chi connectivity index (χ4v) is 1.80. The van der Waals surface area contributed by atoms with Crippen molar-refractivity contribution in [2.75, 3.05) is 0 Å². The van der Waals surface area contributed by atoms with Gasteiger partial charge < -0.3 is 9.47 Å². The lowest BCUT2D eigenvalue weighted by Gasteiger charge is -2.11. The molecule has 0 saturated carbocycles. The zero-order valence-electron chi connectivity index (χ0n) is 13.6. The second-order valence-corrected chi connectivity index (χ2v) is 4.96. The van der Waals surface area contributed by atoms with Crippen LogP contribution in [0.5, 0.6) is 11.5 Å². The Kier molecular flexibility index (Phi) is 7.97. The first kappa shape index (κ1) is 18.0. The molecule has 0 spiro atoms. The van der Waals surface area contributed by atoms with Crippen molar-refractivity contribution in [3.63, 3.8) is 0 Å². The highest BCUT2D eigenvalue weighted by Gasteiger charge is 2.13. The minimum absolute atomic E-state index is 0.288. The summed E-state index contributed by atoms with van der Waals surface area (Å²) < 4.78 is 10.6. The zero-order chi connectivity index (χ0) is 16.4. The molecule has 22 heavy (non-hydrogen) atoms. The van der Waals surface area contributed by atoms with Crippen molar-refractivity contribution in [3.05, 3.63) is 29.8 Å². The van der Waals surface area contributed by atoms with Crippen molar-refractivity contribution in [3.8, 4) is 11.5 Å². The van der Waals surface area contributed by atoms with E-state index in [0.717, 1.165) is 12.0 Å². The van der Waals surface area contributed by atoms with Gasteiger partial charge in [-0.3, -0.25) is 9.59 Å². The van der Waals surface area contributed by atoms with Crippen LogP contribution in [-0.2, 0) is 9.59 Å². The molecule has 0 aliphatic rings. The van der Waals surface area contributed by atoms with Crippen LogP contribution >= 0.6 is 0 Å². The molecule has 0 aliphatic heterocycles. The van der Waals surface area contributed by atoms with E-state index in [1.807, 2.05) is 39.0 Å². The molecule has 1 rings (SSSR count). The topological polar surface area (TPSA) is 52.6 Å². The van der Waals surface area contributed by atoms with Crippen LogP contribution in [0.4, 0.5) is 0 Å². The third-order valence-electron chi connectivity index (χ3n) is 2.87. The number of hydrogen-bond acceptors (Lipinski definition) is 4. The fourth-order valence-electron chi connectivity index (χ4n) is 1.80. The molecule has 0 fully saturated rings. The van der Waals surface area contributed by atoms with E-state index in [4.69, 9.17) is 9.47 Å². The molecule has 1 aromatic rings. The lowest BCUT2D eigenvalue weighted by atomic mass is 10.1. The summed E-state index contributed by atoms with van der Waals surface area (Å²) >= 11 is 0. The van der Waals surface area contributed by atoms with Gasteiger partial charge >= 0.3 is 11.9 Å². The van der Waals surface area contributed by atoms with E-state index in [1.165, 1.54) is 0 Å². The second kappa shape index (κ2) is 9.77. The standard InChI is InChI=1S/C18H24O4/c1-4-7-10-14-11-12-15(21-17(19)8-5-2)16(13-14)22-18(20)9-6-3/h7,10-13H,4-6,8-9H2,1-3H3/b10-7+. The third kappa shape index (κ3) is 6.12. The number of esters is 2. The van der Waals surface area contributed by atoms with Crippen LogP contribution < -0.4 is 9.47 Å². The maximum absolute atomic E-state index is 11.7. The first-order valence-electron chi connectivity index (χ1n) is 7.82. The average molecular weight is 304 g/mol. The molecule has 0 atom stereocenters. The highest BCUT2D eigenvalue weighted by molar-refractivity contribution is 5.76. The maximum Gasteiger partial charge on any atom is 0.311 e. The largest absolute Gasteiger partial charge is 0.423 e. The summed E-state index contributed by atoms with van der Waals surface area (Å²) in [6.07, 6.45) is 6.94. The van der Waals surface area contributed by atoms with Gasteiger partial charge in [0, 0.05) is 12.8 Å². The van der Waals surface area contributed by atoms with Gasteiger partial charge in [0.2, 0.25) is 0 Å². The second-order valence-electron chi connectivity index (χ2n) is 4.96. The van der Waals surface area contributed by atoms with E-state index in [2.05, 4.69) is 0 Å². The van der Waals surface area contributed by atoms with Crippen molar-refractivity contribution in [1.29, 1.82) is 0 Å². The highest BCUT2D eigenvalue weighted by atomic mass is 16.6. The number of allylic oxidation sites excluding steroid dienone is 1. The van der Waals surface area contributed by atoms with Crippen LogP contribution in [0.15, 0.2) is 24.3 Å². The predicted molar refractivity (Wildman–Crippen MR) is 86.9 cm³/mol. The summed E-state index contributed by atoms with van der Waals surface area (Å²) in [5, 5.41) is 0. The van der Waals surface area contributed by atoms with Crippen molar-refractivity contribution in [2.45, 2.75) is 52.9 Å². The van der Waals surface area contributed by atoms with Crippen molar-refractivity contribution >= 4 is 18.0 Å². The van der Waals surface area contributed by atoms with Crippen LogP contribution in [0.2, 0.25) is 0 Å². The molecule has 0 unspecified atom stereocenters. The van der Waals surface area contributed by atoms with E-state index in [0.29, 0.717) is 31.4 Å². The first-order valence-corrected chi connectivity index (χ1v) is 7.82. The highest BCUT2D eigenvalue weighted by Crippen LogP contribution is 2.30. The Morgan fingerprint density at radius 1 is 0.955 bits per heavy atom. The van der Waals surface area contributed by atoms with Crippen LogP contribution in [0.3, 0.4) is 0 Å². The Hall–Kier alpha value is -2.10. The molecule has 0 N–H and O–H groups in total. The van der Waals surface area contributed by atoms with Crippen LogP contribution in [0.25, 0.3) is 6.08 Å². The van der Waals surface area contributed by atoms with Gasteiger partial charge in [-0.25, -0.2) is 0 Å². The Labute approximate surface area is 132 Å². The lowest BCUT2D eigenvalue weighted by Crippen LogP contribution is -2.11. The summed E-state index contributed by atoms with van der Waals surface area (Å²) in [5.74, 6) is -0.0724. The molecule has 4 nitrogen and oxygen atoms in total. The molecule has 0 bridgehead atoms. The number of hydrogen-bond donors (Lipinski definition) is 0. The Balaban J connectivity index is 2.99. The summed E-state index contributed by atoms with van der Waals surface area (Å²) in [4.78, 5) is 23.4. The summed E-state index contributed by atoms with van der Waals surface area (Å²) in [5.41, 5.74) is 0.899. The minimum atomic E-state index is -0.327. The van der Waals surface area contributed by atoms with E-state index < -0.39 is 0 Å². The Bertz CT molecular complexity index is 532.